The zero-order valence-electron chi connectivity index (χ0n) is 13.2. The van der Waals surface area contributed by atoms with E-state index >= 15 is 0 Å². The summed E-state index contributed by atoms with van der Waals surface area (Å²) in [6.07, 6.45) is 6.91. The van der Waals surface area contributed by atoms with Crippen LogP contribution in [0.4, 0.5) is 5.82 Å². The van der Waals surface area contributed by atoms with Crippen LogP contribution in [0.2, 0.25) is 0 Å². The summed E-state index contributed by atoms with van der Waals surface area (Å²) in [6.45, 7) is 4.76. The highest BCUT2D eigenvalue weighted by Crippen LogP contribution is 2.21. The minimum absolute atomic E-state index is 0.689. The van der Waals surface area contributed by atoms with E-state index in [0.29, 0.717) is 6.54 Å². The molecule has 4 rings (SSSR count). The molecule has 0 bridgehead atoms. The van der Waals surface area contributed by atoms with Gasteiger partial charge in [-0.25, -0.2) is 15.0 Å². The van der Waals surface area contributed by atoms with Gasteiger partial charge in [0, 0.05) is 42.7 Å². The number of thiazole rings is 1. The second-order valence-corrected chi connectivity index (χ2v) is 6.57. The number of nitrogens with one attached hydrogen (secondary N) is 2. The summed E-state index contributed by atoms with van der Waals surface area (Å²) in [6, 6.07) is 0. The minimum Gasteiger partial charge on any atom is -0.364 e. The summed E-state index contributed by atoms with van der Waals surface area (Å²) in [5.41, 5.74) is 3.48. The highest BCUT2D eigenvalue weighted by molar-refractivity contribution is 7.15. The molecule has 3 aromatic rings. The van der Waals surface area contributed by atoms with Gasteiger partial charge >= 0.3 is 0 Å². The van der Waals surface area contributed by atoms with Crippen LogP contribution in [-0.4, -0.2) is 32.4 Å². The molecule has 0 aliphatic carbocycles. The summed E-state index contributed by atoms with van der Waals surface area (Å²) < 4.78 is 2.06. The Kier molecular flexibility index (Phi) is 3.97. The minimum atomic E-state index is 0.689. The van der Waals surface area contributed by atoms with Gasteiger partial charge in [0.05, 0.1) is 17.9 Å². The molecule has 0 aromatic carbocycles. The predicted molar refractivity (Wildman–Crippen MR) is 92.1 cm³/mol. The molecule has 4 heterocycles. The molecule has 0 amide bonds. The summed E-state index contributed by atoms with van der Waals surface area (Å²) in [5, 5.41) is 8.98. The largest absolute Gasteiger partial charge is 0.364 e. The van der Waals surface area contributed by atoms with Gasteiger partial charge in [0.2, 0.25) is 0 Å². The van der Waals surface area contributed by atoms with Crippen LogP contribution in [0.5, 0.6) is 0 Å². The maximum Gasteiger partial charge on any atom is 0.193 e. The smallest absolute Gasteiger partial charge is 0.193 e. The van der Waals surface area contributed by atoms with Gasteiger partial charge in [-0.2, -0.15) is 0 Å². The van der Waals surface area contributed by atoms with E-state index in [1.54, 1.807) is 11.3 Å². The van der Waals surface area contributed by atoms with Crippen molar-refractivity contribution in [3.05, 3.63) is 40.5 Å². The van der Waals surface area contributed by atoms with Crippen LogP contribution in [0.1, 0.15) is 29.7 Å². The third-order valence-electron chi connectivity index (χ3n) is 4.13. The lowest BCUT2D eigenvalue weighted by Crippen LogP contribution is -2.16. The lowest BCUT2D eigenvalue weighted by atomic mass is 10.1. The quantitative estimate of drug-likeness (QED) is 0.767. The molecule has 0 radical (unpaired) electrons. The fraction of sp³-hybridized carbons (Fsp3) is 0.438. The van der Waals surface area contributed by atoms with E-state index in [1.807, 2.05) is 11.6 Å². The fourth-order valence-electron chi connectivity index (χ4n) is 2.94. The molecule has 1 aliphatic rings. The van der Waals surface area contributed by atoms with Crippen LogP contribution in [-0.2, 0) is 25.8 Å². The van der Waals surface area contributed by atoms with Crippen LogP contribution < -0.4 is 10.6 Å². The number of anilines is 1. The Morgan fingerprint density at radius 2 is 2.17 bits per heavy atom. The van der Waals surface area contributed by atoms with Gasteiger partial charge in [-0.1, -0.05) is 6.92 Å². The summed E-state index contributed by atoms with van der Waals surface area (Å²) in [4.78, 5) is 15.1. The standard InChI is InChI=1S/C16H20N6S/c1-2-14-20-13-4-6-17-5-3-12(13)15(21-14)18-9-11-10-22-7-8-23-16(22)19-11/h7-8,10,17H,2-6,9H2,1H3,(H,18,20,21). The number of hydrogen-bond donors (Lipinski definition) is 2. The predicted octanol–water partition coefficient (Wildman–Crippen LogP) is 2.05. The highest BCUT2D eigenvalue weighted by Gasteiger charge is 2.16. The molecule has 2 N–H and O–H groups in total. The van der Waals surface area contributed by atoms with Crippen molar-refractivity contribution in [1.82, 2.24) is 24.7 Å². The first-order chi connectivity index (χ1) is 11.3. The maximum absolute atomic E-state index is 4.72. The van der Waals surface area contributed by atoms with Gasteiger partial charge in [-0.05, 0) is 13.0 Å². The lowest BCUT2D eigenvalue weighted by molar-refractivity contribution is 0.708. The van der Waals surface area contributed by atoms with Crippen molar-refractivity contribution < 1.29 is 0 Å². The van der Waals surface area contributed by atoms with E-state index < -0.39 is 0 Å². The Morgan fingerprint density at radius 3 is 3.04 bits per heavy atom. The molecule has 1 aliphatic heterocycles. The van der Waals surface area contributed by atoms with Gasteiger partial charge in [-0.15, -0.1) is 11.3 Å². The molecule has 0 saturated heterocycles. The van der Waals surface area contributed by atoms with Gasteiger partial charge in [0.15, 0.2) is 4.96 Å². The van der Waals surface area contributed by atoms with Gasteiger partial charge < -0.3 is 10.6 Å². The van der Waals surface area contributed by atoms with E-state index in [2.05, 4.69) is 33.1 Å². The maximum atomic E-state index is 4.72. The van der Waals surface area contributed by atoms with E-state index in [-0.39, 0.29) is 0 Å². The number of fused-ring (bicyclic) bond motifs is 2. The number of nitrogens with zero attached hydrogens (tertiary/aromatic N) is 4. The average molecular weight is 328 g/mol. The van der Waals surface area contributed by atoms with E-state index in [9.17, 15) is 0 Å². The first kappa shape index (κ1) is 14.6. The molecular formula is C16H20N6S. The molecule has 6 nitrogen and oxygen atoms in total. The SMILES string of the molecule is CCc1nc2c(c(NCc3cn4ccsc4n3)n1)CCNCC2. The number of rotatable bonds is 4. The number of aryl methyl sites for hydroxylation is 1. The highest BCUT2D eigenvalue weighted by atomic mass is 32.1. The zero-order valence-corrected chi connectivity index (χ0v) is 14.0. The molecule has 0 spiro atoms. The van der Waals surface area contributed by atoms with Crippen LogP contribution in [0.15, 0.2) is 17.8 Å². The molecule has 0 unspecified atom stereocenters. The van der Waals surface area contributed by atoms with Crippen LogP contribution in [0.3, 0.4) is 0 Å². The van der Waals surface area contributed by atoms with Crippen molar-refractivity contribution in [3.63, 3.8) is 0 Å². The van der Waals surface area contributed by atoms with E-state index in [4.69, 9.17) is 9.97 Å². The Labute approximate surface area is 139 Å². The van der Waals surface area contributed by atoms with Crippen molar-refractivity contribution in [1.29, 1.82) is 0 Å². The van der Waals surface area contributed by atoms with Gasteiger partial charge in [-0.3, -0.25) is 4.40 Å². The normalized spacial score (nSPS) is 14.7. The Morgan fingerprint density at radius 1 is 1.26 bits per heavy atom. The fourth-order valence-corrected chi connectivity index (χ4v) is 3.65. The monoisotopic (exact) mass is 328 g/mol. The van der Waals surface area contributed by atoms with E-state index in [0.717, 1.165) is 54.6 Å². The third kappa shape index (κ3) is 2.94. The molecule has 0 fully saturated rings. The van der Waals surface area contributed by atoms with Crippen molar-refractivity contribution in [2.24, 2.45) is 0 Å². The first-order valence-corrected chi connectivity index (χ1v) is 8.96. The first-order valence-electron chi connectivity index (χ1n) is 8.08. The van der Waals surface area contributed by atoms with Crippen molar-refractivity contribution in [2.45, 2.75) is 32.7 Å². The number of imidazole rings is 1. The van der Waals surface area contributed by atoms with Gasteiger partial charge in [0.25, 0.3) is 0 Å². The Bertz CT molecular complexity index is 793. The Hall–Kier alpha value is -1.99. The molecule has 3 aromatic heterocycles. The van der Waals surface area contributed by atoms with Crippen molar-refractivity contribution in [2.75, 3.05) is 18.4 Å². The van der Waals surface area contributed by atoms with Crippen LogP contribution in [0.25, 0.3) is 4.96 Å². The van der Waals surface area contributed by atoms with Crippen LogP contribution >= 0.6 is 11.3 Å². The second-order valence-electron chi connectivity index (χ2n) is 5.70. The van der Waals surface area contributed by atoms with Crippen LogP contribution in [0, 0.1) is 0 Å². The molecule has 0 atom stereocenters. The van der Waals surface area contributed by atoms with Crippen molar-refractivity contribution >= 4 is 22.1 Å². The second kappa shape index (κ2) is 6.25. The average Bonchev–Trinajstić information content (AvgIpc) is 3.06. The summed E-state index contributed by atoms with van der Waals surface area (Å²) in [7, 11) is 0. The number of hydrogen-bond acceptors (Lipinski definition) is 6. The summed E-state index contributed by atoms with van der Waals surface area (Å²) in [5.74, 6) is 1.89. The molecular weight excluding hydrogens is 308 g/mol. The topological polar surface area (TPSA) is 67.1 Å². The number of aromatic nitrogens is 4. The summed E-state index contributed by atoms with van der Waals surface area (Å²) >= 11 is 1.65. The molecule has 120 valence electrons. The molecule has 0 saturated carbocycles. The lowest BCUT2D eigenvalue weighted by Gasteiger charge is -2.13. The Balaban J connectivity index is 1.60. The third-order valence-corrected chi connectivity index (χ3v) is 4.90. The molecule has 7 heteroatoms. The zero-order chi connectivity index (χ0) is 15.6. The van der Waals surface area contributed by atoms with Crippen molar-refractivity contribution in [3.8, 4) is 0 Å². The van der Waals surface area contributed by atoms with Gasteiger partial charge in [0.1, 0.15) is 11.6 Å². The molecule has 23 heavy (non-hydrogen) atoms. The van der Waals surface area contributed by atoms with E-state index in [1.165, 1.54) is 11.3 Å².